The minimum atomic E-state index is -0.683. The van der Waals surface area contributed by atoms with E-state index >= 15 is 0 Å². The second kappa shape index (κ2) is 5.13. The molecule has 102 valence electrons. The quantitative estimate of drug-likeness (QED) is 0.632. The summed E-state index contributed by atoms with van der Waals surface area (Å²) in [4.78, 5) is 26.5. The molecule has 1 aliphatic heterocycles. The molecular formula is C14H14N3O2S+. The van der Waals surface area contributed by atoms with Gasteiger partial charge in [-0.15, -0.1) is 0 Å². The molecule has 20 heavy (non-hydrogen) atoms. The second-order valence-electron chi connectivity index (χ2n) is 4.60. The summed E-state index contributed by atoms with van der Waals surface area (Å²) in [7, 11) is 0. The van der Waals surface area contributed by atoms with Crippen LogP contribution in [0.5, 0.6) is 0 Å². The van der Waals surface area contributed by atoms with Gasteiger partial charge < -0.3 is 0 Å². The van der Waals surface area contributed by atoms with Gasteiger partial charge in [-0.2, -0.15) is 4.90 Å². The fraction of sp³-hybridized carbons (Fsp3) is 0.286. The molecule has 0 aliphatic carbocycles. The van der Waals surface area contributed by atoms with Crippen molar-refractivity contribution in [1.29, 1.82) is 0 Å². The number of hydrogen-bond donors (Lipinski definition) is 0. The van der Waals surface area contributed by atoms with Crippen LogP contribution in [0.4, 0.5) is 5.13 Å². The molecule has 2 heterocycles. The smallest absolute Gasteiger partial charge is 0.246 e. The molecule has 0 N–H and O–H groups in total. The molecule has 1 aliphatic rings. The van der Waals surface area contributed by atoms with Crippen LogP contribution < -0.4 is 9.58 Å². The van der Waals surface area contributed by atoms with Crippen molar-refractivity contribution in [2.75, 3.05) is 11.4 Å². The van der Waals surface area contributed by atoms with Crippen LogP contribution in [0.3, 0.4) is 0 Å². The first-order chi connectivity index (χ1) is 9.72. The van der Waals surface area contributed by atoms with Crippen molar-refractivity contribution in [3.8, 4) is 0 Å². The minimum Gasteiger partial charge on any atom is -0.246 e. The highest BCUT2D eigenvalue weighted by atomic mass is 32.1. The molecule has 0 bridgehead atoms. The molecule has 0 spiro atoms. The Balaban J connectivity index is 1.96. The Kier molecular flexibility index (Phi) is 3.31. The average molecular weight is 288 g/mol. The van der Waals surface area contributed by atoms with Crippen LogP contribution in [-0.2, 0) is 11.2 Å². The van der Waals surface area contributed by atoms with Crippen LogP contribution in [0, 0.1) is 5.92 Å². The van der Waals surface area contributed by atoms with Crippen LogP contribution in [-0.4, -0.2) is 23.5 Å². The van der Waals surface area contributed by atoms with E-state index < -0.39 is 5.92 Å². The summed E-state index contributed by atoms with van der Waals surface area (Å²) in [6.45, 7) is 2.44. The first-order valence-corrected chi connectivity index (χ1v) is 7.35. The summed E-state index contributed by atoms with van der Waals surface area (Å²) in [5, 5.41) is 4.66. The number of benzene rings is 1. The Hall–Kier alpha value is -2.08. The zero-order chi connectivity index (χ0) is 14.1. The molecule has 3 rings (SSSR count). The third-order valence-electron chi connectivity index (χ3n) is 3.40. The molecule has 1 atom stereocenters. The second-order valence-corrected chi connectivity index (χ2v) is 5.41. The lowest BCUT2D eigenvalue weighted by Crippen LogP contribution is -2.61. The number of aromatic nitrogens is 2. The summed E-state index contributed by atoms with van der Waals surface area (Å²) in [6, 6.07) is 9.59. The van der Waals surface area contributed by atoms with E-state index in [2.05, 4.69) is 5.10 Å². The molecule has 6 heteroatoms. The maximum absolute atomic E-state index is 12.5. The number of carbonyl (C=O) groups excluding carboxylic acids is 2. The van der Waals surface area contributed by atoms with E-state index in [1.807, 2.05) is 37.3 Å². The van der Waals surface area contributed by atoms with Gasteiger partial charge in [-0.05, 0) is 30.2 Å². The first kappa shape index (κ1) is 12.9. The molecule has 1 aromatic heterocycles. The van der Waals surface area contributed by atoms with Crippen molar-refractivity contribution in [2.45, 2.75) is 13.3 Å². The lowest BCUT2D eigenvalue weighted by molar-refractivity contribution is -0.623. The van der Waals surface area contributed by atoms with Gasteiger partial charge in [0.1, 0.15) is 5.51 Å². The Morgan fingerprint density at radius 1 is 1.30 bits per heavy atom. The molecular weight excluding hydrogens is 274 g/mol. The van der Waals surface area contributed by atoms with Gasteiger partial charge in [0.15, 0.2) is 5.92 Å². The van der Waals surface area contributed by atoms with E-state index in [4.69, 9.17) is 0 Å². The molecule has 1 unspecified atom stereocenters. The number of nitrogens with zero attached hydrogens (tertiary/aromatic N) is 3. The summed E-state index contributed by atoms with van der Waals surface area (Å²) >= 11 is 1.31. The van der Waals surface area contributed by atoms with Gasteiger partial charge in [0.05, 0.1) is 6.54 Å². The van der Waals surface area contributed by atoms with Gasteiger partial charge in [-0.3, -0.25) is 0 Å². The summed E-state index contributed by atoms with van der Waals surface area (Å²) in [5.41, 5.74) is 2.57. The Morgan fingerprint density at radius 2 is 2.05 bits per heavy atom. The van der Waals surface area contributed by atoms with E-state index in [-0.39, 0.29) is 11.8 Å². The van der Waals surface area contributed by atoms with Gasteiger partial charge in [0, 0.05) is 0 Å². The average Bonchev–Trinajstić information content (AvgIpc) is 2.94. The van der Waals surface area contributed by atoms with Crippen LogP contribution >= 0.6 is 11.3 Å². The monoisotopic (exact) mass is 288 g/mol. The van der Waals surface area contributed by atoms with Gasteiger partial charge in [-0.1, -0.05) is 40.1 Å². The number of hydrogen-bond acceptors (Lipinski definition) is 4. The Bertz CT molecular complexity index is 653. The van der Waals surface area contributed by atoms with Crippen LogP contribution in [0.1, 0.15) is 17.3 Å². The van der Waals surface area contributed by atoms with E-state index in [0.717, 1.165) is 5.56 Å². The predicted octanol–water partition coefficient (Wildman–Crippen LogP) is 1.30. The molecule has 1 amide bonds. The molecule has 0 saturated heterocycles. The number of carbonyl (C=O) groups is 2. The summed E-state index contributed by atoms with van der Waals surface area (Å²) in [5.74, 6) is -1.05. The lowest BCUT2D eigenvalue weighted by atomic mass is 9.96. The number of anilines is 1. The largest absolute Gasteiger partial charge is 0.373 e. The molecule has 0 fully saturated rings. The first-order valence-electron chi connectivity index (χ1n) is 6.47. The van der Waals surface area contributed by atoms with Crippen molar-refractivity contribution in [2.24, 2.45) is 5.92 Å². The predicted molar refractivity (Wildman–Crippen MR) is 74.6 cm³/mol. The number of amides is 1. The van der Waals surface area contributed by atoms with Crippen molar-refractivity contribution in [3.63, 3.8) is 0 Å². The van der Waals surface area contributed by atoms with Crippen molar-refractivity contribution >= 4 is 28.3 Å². The van der Waals surface area contributed by atoms with Gasteiger partial charge in [0.25, 0.3) is 0 Å². The number of rotatable bonds is 3. The fourth-order valence-electron chi connectivity index (χ4n) is 2.40. The van der Waals surface area contributed by atoms with E-state index in [9.17, 15) is 9.59 Å². The van der Waals surface area contributed by atoms with Crippen LogP contribution in [0.25, 0.3) is 0 Å². The van der Waals surface area contributed by atoms with E-state index in [1.54, 1.807) is 10.4 Å². The molecule has 2 aromatic rings. The van der Waals surface area contributed by atoms with Crippen LogP contribution in [0.2, 0.25) is 0 Å². The third kappa shape index (κ3) is 2.02. The molecule has 0 radical (unpaired) electrons. The normalized spacial score (nSPS) is 18.2. The topological polar surface area (TPSA) is 54.2 Å². The Labute approximate surface area is 120 Å². The highest BCUT2D eigenvalue weighted by Gasteiger charge is 2.48. The standard InChI is InChI=1S/C14H14N3O2S/c1-2-16-12(18)11(8-10-6-4-3-5-7-10)13(19)17-14(16)20-9-15-17/h3-7,9,11H,2,8H2,1H3/q+1. The summed E-state index contributed by atoms with van der Waals surface area (Å²) in [6.07, 6.45) is 0.416. The van der Waals surface area contributed by atoms with Gasteiger partial charge >= 0.3 is 16.9 Å². The maximum Gasteiger partial charge on any atom is 0.373 e. The fourth-order valence-corrected chi connectivity index (χ4v) is 3.22. The molecule has 1 aromatic carbocycles. The maximum atomic E-state index is 12.5. The summed E-state index contributed by atoms with van der Waals surface area (Å²) < 4.78 is 1.35. The highest BCUT2D eigenvalue weighted by Crippen LogP contribution is 2.24. The zero-order valence-electron chi connectivity index (χ0n) is 11.0. The van der Waals surface area contributed by atoms with Gasteiger partial charge in [0.2, 0.25) is 0 Å². The van der Waals surface area contributed by atoms with Gasteiger partial charge in [-0.25, -0.2) is 9.59 Å². The SMILES string of the molecule is CCN1C(=O)C(Cc2ccccc2)C(=O)[n+]2ncsc21. The van der Waals surface area contributed by atoms with Crippen LogP contribution in [0.15, 0.2) is 35.8 Å². The van der Waals surface area contributed by atoms with Crippen molar-refractivity contribution < 1.29 is 14.3 Å². The lowest BCUT2D eigenvalue weighted by Gasteiger charge is -2.21. The molecule has 0 saturated carbocycles. The number of fused-ring (bicyclic) bond motifs is 1. The zero-order valence-corrected chi connectivity index (χ0v) is 11.8. The highest BCUT2D eigenvalue weighted by molar-refractivity contribution is 7.13. The molecule has 5 nitrogen and oxygen atoms in total. The Morgan fingerprint density at radius 3 is 2.75 bits per heavy atom. The third-order valence-corrected chi connectivity index (χ3v) is 4.21. The van der Waals surface area contributed by atoms with Crippen molar-refractivity contribution in [3.05, 3.63) is 41.4 Å². The van der Waals surface area contributed by atoms with E-state index in [1.165, 1.54) is 16.0 Å². The van der Waals surface area contributed by atoms with Crippen molar-refractivity contribution in [1.82, 2.24) is 5.10 Å². The minimum absolute atomic E-state index is 0.134. The van der Waals surface area contributed by atoms with E-state index in [0.29, 0.717) is 18.1 Å².